The van der Waals surface area contributed by atoms with Crippen LogP contribution in [0.3, 0.4) is 0 Å². The highest BCUT2D eigenvalue weighted by Gasteiger charge is 2.21. The summed E-state index contributed by atoms with van der Waals surface area (Å²) in [5.74, 6) is 4.04. The molecule has 0 N–H and O–H groups in total. The maximum Gasteiger partial charge on any atom is 0.199 e. The summed E-state index contributed by atoms with van der Waals surface area (Å²) in [6, 6.07) is 14.1. The molecule has 182 valence electrons. The predicted octanol–water partition coefficient (Wildman–Crippen LogP) is 4.95. The number of aryl methyl sites for hydroxylation is 1. The molecule has 7 nitrogen and oxygen atoms in total. The Labute approximate surface area is 206 Å². The van der Waals surface area contributed by atoms with Crippen LogP contribution in [0, 0.1) is 10.7 Å². The van der Waals surface area contributed by atoms with E-state index in [2.05, 4.69) is 17.0 Å². The number of ether oxygens (including phenoxy) is 3. The Bertz CT molecular complexity index is 1140. The first-order valence-electron chi connectivity index (χ1n) is 11.7. The Hall–Kier alpha value is -2.84. The van der Waals surface area contributed by atoms with Crippen molar-refractivity contribution in [2.45, 2.75) is 32.4 Å². The highest BCUT2D eigenvalue weighted by atomic mass is 32.1. The van der Waals surface area contributed by atoms with Gasteiger partial charge in [-0.3, -0.25) is 4.90 Å². The molecule has 8 heteroatoms. The molecule has 3 aromatic rings. The summed E-state index contributed by atoms with van der Waals surface area (Å²) >= 11 is 5.70. The fourth-order valence-corrected chi connectivity index (χ4v) is 4.82. The number of rotatable bonds is 9. The summed E-state index contributed by atoms with van der Waals surface area (Å²) in [4.78, 5) is 2.44. The third kappa shape index (κ3) is 5.45. The van der Waals surface area contributed by atoms with Crippen molar-refractivity contribution in [3.8, 4) is 28.6 Å². The molecule has 1 aromatic heterocycles. The van der Waals surface area contributed by atoms with Gasteiger partial charge in [-0.05, 0) is 73.6 Å². The van der Waals surface area contributed by atoms with Crippen molar-refractivity contribution in [2.24, 2.45) is 13.0 Å². The molecular formula is C26H34N4O3S. The monoisotopic (exact) mass is 482 g/mol. The average Bonchev–Trinajstić information content (AvgIpc) is 3.16. The van der Waals surface area contributed by atoms with Crippen LogP contribution < -0.4 is 14.2 Å². The van der Waals surface area contributed by atoms with Crippen molar-refractivity contribution in [2.75, 3.05) is 34.4 Å². The molecule has 0 unspecified atom stereocenters. The van der Waals surface area contributed by atoms with E-state index in [-0.39, 0.29) is 0 Å². The van der Waals surface area contributed by atoms with Gasteiger partial charge in [0.1, 0.15) is 17.2 Å². The Kier molecular flexibility index (Phi) is 7.90. The van der Waals surface area contributed by atoms with Gasteiger partial charge in [-0.2, -0.15) is 5.10 Å². The summed E-state index contributed by atoms with van der Waals surface area (Å²) < 4.78 is 21.0. The zero-order valence-electron chi connectivity index (χ0n) is 20.5. The van der Waals surface area contributed by atoms with Gasteiger partial charge in [0, 0.05) is 26.2 Å². The number of para-hydroxylation sites is 1. The molecule has 1 saturated heterocycles. The largest absolute Gasteiger partial charge is 0.497 e. The zero-order chi connectivity index (χ0) is 24.1. The number of methoxy groups -OCH3 is 3. The SMILES string of the molecule is COc1cc(CCC2CCN(Cn3nc(-c4ccccc4OC)n(C)c3=S)CC2)cc(OC)c1. The lowest BCUT2D eigenvalue weighted by Gasteiger charge is -2.31. The van der Waals surface area contributed by atoms with Crippen molar-refractivity contribution in [1.29, 1.82) is 0 Å². The quantitative estimate of drug-likeness (QED) is 0.403. The number of piperidine rings is 1. The van der Waals surface area contributed by atoms with E-state index >= 15 is 0 Å². The summed E-state index contributed by atoms with van der Waals surface area (Å²) in [5, 5.41) is 4.84. The lowest BCUT2D eigenvalue weighted by molar-refractivity contribution is 0.136. The molecule has 0 amide bonds. The van der Waals surface area contributed by atoms with Gasteiger partial charge in [-0.1, -0.05) is 12.1 Å². The number of hydrogen-bond donors (Lipinski definition) is 0. The number of aromatic nitrogens is 3. The molecule has 34 heavy (non-hydrogen) atoms. The van der Waals surface area contributed by atoms with E-state index in [9.17, 15) is 0 Å². The average molecular weight is 483 g/mol. The van der Waals surface area contributed by atoms with Crippen LogP contribution >= 0.6 is 12.2 Å². The van der Waals surface area contributed by atoms with Crippen LogP contribution in [0.1, 0.15) is 24.8 Å². The van der Waals surface area contributed by atoms with Crippen molar-refractivity contribution in [3.63, 3.8) is 0 Å². The highest BCUT2D eigenvalue weighted by molar-refractivity contribution is 7.71. The van der Waals surface area contributed by atoms with Crippen LogP contribution in [0.5, 0.6) is 17.2 Å². The first-order valence-corrected chi connectivity index (χ1v) is 12.1. The molecule has 0 spiro atoms. The standard InChI is InChI=1S/C26H34N4O3S/c1-28-25(23-7-5-6-8-24(23)33-4)27-30(26(28)34)18-29-13-11-19(12-14-29)9-10-20-15-21(31-2)17-22(16-20)32-3/h5-8,15-17,19H,9-14,18H2,1-4H3. The molecule has 0 bridgehead atoms. The van der Waals surface area contributed by atoms with Crippen LogP contribution in [-0.2, 0) is 20.1 Å². The lowest BCUT2D eigenvalue weighted by atomic mass is 9.90. The second-order valence-corrected chi connectivity index (χ2v) is 9.19. The van der Waals surface area contributed by atoms with E-state index in [4.69, 9.17) is 31.5 Å². The van der Waals surface area contributed by atoms with Gasteiger partial charge in [-0.15, -0.1) is 0 Å². The number of hydrogen-bond acceptors (Lipinski definition) is 6. The molecule has 1 fully saturated rings. The maximum atomic E-state index is 5.70. The van der Waals surface area contributed by atoms with E-state index in [1.807, 2.05) is 46.6 Å². The molecule has 1 aliphatic rings. The van der Waals surface area contributed by atoms with Crippen LogP contribution in [0.2, 0.25) is 0 Å². The summed E-state index contributed by atoms with van der Waals surface area (Å²) in [7, 11) is 7.04. The van der Waals surface area contributed by atoms with Crippen LogP contribution in [0.4, 0.5) is 0 Å². The first-order chi connectivity index (χ1) is 16.5. The van der Waals surface area contributed by atoms with Crippen molar-refractivity contribution in [3.05, 3.63) is 52.8 Å². The third-order valence-corrected chi connectivity index (χ3v) is 7.17. The van der Waals surface area contributed by atoms with E-state index in [0.29, 0.717) is 12.6 Å². The zero-order valence-corrected chi connectivity index (χ0v) is 21.3. The molecular weight excluding hydrogens is 448 g/mol. The van der Waals surface area contributed by atoms with Gasteiger partial charge in [0.15, 0.2) is 10.6 Å². The predicted molar refractivity (Wildman–Crippen MR) is 136 cm³/mol. The Morgan fingerprint density at radius 3 is 2.29 bits per heavy atom. The Morgan fingerprint density at radius 2 is 1.65 bits per heavy atom. The van der Waals surface area contributed by atoms with Crippen LogP contribution in [0.25, 0.3) is 11.4 Å². The minimum Gasteiger partial charge on any atom is -0.497 e. The molecule has 2 heterocycles. The number of nitrogens with zero attached hydrogens (tertiary/aromatic N) is 4. The third-order valence-electron chi connectivity index (χ3n) is 6.68. The van der Waals surface area contributed by atoms with E-state index < -0.39 is 0 Å². The number of benzene rings is 2. The normalized spacial score (nSPS) is 14.8. The van der Waals surface area contributed by atoms with Gasteiger partial charge >= 0.3 is 0 Å². The fraction of sp³-hybridized carbons (Fsp3) is 0.462. The van der Waals surface area contributed by atoms with Crippen molar-refractivity contribution < 1.29 is 14.2 Å². The first kappa shape index (κ1) is 24.3. The van der Waals surface area contributed by atoms with E-state index in [1.165, 1.54) is 24.8 Å². The minimum atomic E-state index is 0.710. The summed E-state index contributed by atoms with van der Waals surface area (Å²) in [5.41, 5.74) is 2.22. The summed E-state index contributed by atoms with van der Waals surface area (Å²) in [6.45, 7) is 2.81. The fourth-order valence-electron chi connectivity index (χ4n) is 4.63. The molecule has 0 aliphatic carbocycles. The lowest BCUT2D eigenvalue weighted by Crippen LogP contribution is -2.35. The molecule has 1 aliphatic heterocycles. The Morgan fingerprint density at radius 1 is 0.971 bits per heavy atom. The minimum absolute atomic E-state index is 0.710. The summed E-state index contributed by atoms with van der Waals surface area (Å²) in [6.07, 6.45) is 4.57. The van der Waals surface area contributed by atoms with Gasteiger partial charge in [0.25, 0.3) is 0 Å². The number of likely N-dealkylation sites (tertiary alicyclic amines) is 1. The van der Waals surface area contributed by atoms with Gasteiger partial charge < -0.3 is 18.8 Å². The van der Waals surface area contributed by atoms with Crippen molar-refractivity contribution in [1.82, 2.24) is 19.2 Å². The molecule has 0 saturated carbocycles. The molecule has 0 radical (unpaired) electrons. The highest BCUT2D eigenvalue weighted by Crippen LogP contribution is 2.29. The second-order valence-electron chi connectivity index (χ2n) is 8.83. The van der Waals surface area contributed by atoms with Gasteiger partial charge in [0.05, 0.1) is 33.6 Å². The van der Waals surface area contributed by atoms with E-state index in [0.717, 1.165) is 52.9 Å². The smallest absolute Gasteiger partial charge is 0.199 e. The van der Waals surface area contributed by atoms with Crippen LogP contribution in [-0.4, -0.2) is 53.7 Å². The van der Waals surface area contributed by atoms with Crippen molar-refractivity contribution >= 4 is 12.2 Å². The molecule has 4 rings (SSSR count). The molecule has 2 aromatic carbocycles. The Balaban J connectivity index is 1.35. The van der Waals surface area contributed by atoms with Gasteiger partial charge in [-0.25, -0.2) is 4.68 Å². The second kappa shape index (κ2) is 11.1. The molecule has 0 atom stereocenters. The van der Waals surface area contributed by atoms with E-state index in [1.54, 1.807) is 21.3 Å². The van der Waals surface area contributed by atoms with Crippen LogP contribution in [0.15, 0.2) is 42.5 Å². The van der Waals surface area contributed by atoms with Gasteiger partial charge in [0.2, 0.25) is 0 Å². The topological polar surface area (TPSA) is 53.7 Å². The maximum absolute atomic E-state index is 5.70.